The van der Waals surface area contributed by atoms with Crippen molar-refractivity contribution in [1.82, 2.24) is 9.88 Å². The normalized spacial score (nSPS) is 21.5. The van der Waals surface area contributed by atoms with Crippen molar-refractivity contribution in [3.63, 3.8) is 0 Å². The summed E-state index contributed by atoms with van der Waals surface area (Å²) in [6.45, 7) is 16.2. The van der Waals surface area contributed by atoms with E-state index in [1.165, 1.54) is 10.6 Å². The zero-order chi connectivity index (χ0) is 14.9. The Morgan fingerprint density at radius 3 is 2.50 bits per heavy atom. The number of anilines is 1. The summed E-state index contributed by atoms with van der Waals surface area (Å²) in [5, 5.41) is 1.15. The van der Waals surface area contributed by atoms with E-state index in [0.29, 0.717) is 12.6 Å². The molecule has 114 valence electrons. The fourth-order valence-electron chi connectivity index (χ4n) is 2.84. The van der Waals surface area contributed by atoms with Gasteiger partial charge in [-0.05, 0) is 13.5 Å². The van der Waals surface area contributed by atoms with E-state index in [-0.39, 0.29) is 5.41 Å². The van der Waals surface area contributed by atoms with Crippen molar-refractivity contribution in [2.45, 2.75) is 52.6 Å². The molecule has 1 fully saturated rings. The lowest BCUT2D eigenvalue weighted by Crippen LogP contribution is -2.51. The van der Waals surface area contributed by atoms with Gasteiger partial charge in [-0.1, -0.05) is 27.7 Å². The van der Waals surface area contributed by atoms with E-state index in [0.717, 1.165) is 31.3 Å². The molecule has 2 heterocycles. The van der Waals surface area contributed by atoms with Gasteiger partial charge in [0.1, 0.15) is 0 Å². The molecule has 0 bridgehead atoms. The molecule has 5 heteroatoms. The minimum atomic E-state index is 0.0698. The van der Waals surface area contributed by atoms with E-state index in [1.54, 1.807) is 11.3 Å². The zero-order valence-corrected chi connectivity index (χ0v) is 14.3. The van der Waals surface area contributed by atoms with Crippen molar-refractivity contribution in [3.05, 3.63) is 10.6 Å². The van der Waals surface area contributed by atoms with Crippen LogP contribution >= 0.6 is 11.3 Å². The van der Waals surface area contributed by atoms with Gasteiger partial charge in [0.25, 0.3) is 0 Å². The summed E-state index contributed by atoms with van der Waals surface area (Å²) in [6.07, 6.45) is 0. The van der Waals surface area contributed by atoms with Crippen LogP contribution in [-0.4, -0.2) is 42.1 Å². The molecule has 0 amide bonds. The molecular formula is C15H28N4S. The average Bonchev–Trinajstić information content (AvgIpc) is 2.82. The maximum atomic E-state index is 5.90. The number of rotatable bonds is 3. The third-order valence-electron chi connectivity index (χ3n) is 4.02. The van der Waals surface area contributed by atoms with Crippen molar-refractivity contribution >= 4 is 16.5 Å². The van der Waals surface area contributed by atoms with Gasteiger partial charge in [0, 0.05) is 42.5 Å². The predicted molar refractivity (Wildman–Crippen MR) is 87.6 cm³/mol. The Balaban J connectivity index is 2.20. The highest BCUT2D eigenvalue weighted by Gasteiger charge is 2.28. The molecule has 4 nitrogen and oxygen atoms in total. The predicted octanol–water partition coefficient (Wildman–Crippen LogP) is 2.43. The number of nitrogens with zero attached hydrogens (tertiary/aromatic N) is 3. The fourth-order valence-corrected chi connectivity index (χ4v) is 4.02. The third-order valence-corrected chi connectivity index (χ3v) is 5.16. The highest BCUT2D eigenvalue weighted by Crippen LogP contribution is 2.34. The minimum Gasteiger partial charge on any atom is -0.345 e. The average molecular weight is 296 g/mol. The Labute approximate surface area is 127 Å². The first kappa shape index (κ1) is 15.7. The first-order valence-corrected chi connectivity index (χ1v) is 8.37. The van der Waals surface area contributed by atoms with E-state index in [9.17, 15) is 0 Å². The summed E-state index contributed by atoms with van der Waals surface area (Å²) in [6, 6.07) is 0.595. The van der Waals surface area contributed by atoms with Crippen molar-refractivity contribution in [2.24, 2.45) is 5.73 Å². The Bertz CT molecular complexity index is 449. The molecule has 2 rings (SSSR count). The van der Waals surface area contributed by atoms with E-state index >= 15 is 0 Å². The molecule has 0 spiro atoms. The largest absolute Gasteiger partial charge is 0.345 e. The number of likely N-dealkylation sites (N-methyl/N-ethyl adjacent to an activating group) is 1. The van der Waals surface area contributed by atoms with Crippen LogP contribution in [0.2, 0.25) is 0 Å². The van der Waals surface area contributed by atoms with Crippen LogP contribution in [-0.2, 0) is 12.0 Å². The molecule has 2 N–H and O–H groups in total. The van der Waals surface area contributed by atoms with Gasteiger partial charge in [-0.2, -0.15) is 0 Å². The van der Waals surface area contributed by atoms with Crippen LogP contribution in [0.15, 0.2) is 0 Å². The lowest BCUT2D eigenvalue weighted by Gasteiger charge is -2.39. The molecule has 1 aromatic heterocycles. The summed E-state index contributed by atoms with van der Waals surface area (Å²) >= 11 is 1.78. The van der Waals surface area contributed by atoms with Crippen LogP contribution in [0.3, 0.4) is 0 Å². The van der Waals surface area contributed by atoms with Gasteiger partial charge >= 0.3 is 0 Å². The maximum Gasteiger partial charge on any atom is 0.185 e. The molecule has 1 saturated heterocycles. The first-order valence-electron chi connectivity index (χ1n) is 7.56. The van der Waals surface area contributed by atoms with E-state index < -0.39 is 0 Å². The van der Waals surface area contributed by atoms with Crippen LogP contribution < -0.4 is 10.6 Å². The SMILES string of the molecule is CCN1CCN(c2nc(C(C)(C)C)c(CN)s2)CC1C. The molecule has 1 unspecified atom stereocenters. The Morgan fingerprint density at radius 2 is 2.05 bits per heavy atom. The summed E-state index contributed by atoms with van der Waals surface area (Å²) < 4.78 is 0. The molecule has 0 aliphatic carbocycles. The highest BCUT2D eigenvalue weighted by atomic mass is 32.1. The Morgan fingerprint density at radius 1 is 1.35 bits per heavy atom. The molecule has 20 heavy (non-hydrogen) atoms. The molecule has 1 aromatic rings. The summed E-state index contributed by atoms with van der Waals surface area (Å²) in [5.74, 6) is 0. The lowest BCUT2D eigenvalue weighted by atomic mass is 9.91. The number of aromatic nitrogens is 1. The van der Waals surface area contributed by atoms with Crippen LogP contribution in [0.5, 0.6) is 0 Å². The number of thiazole rings is 1. The second kappa shape index (κ2) is 6.00. The number of piperazine rings is 1. The molecule has 0 aromatic carbocycles. The Kier molecular flexibility index (Phi) is 4.72. The number of hydrogen-bond donors (Lipinski definition) is 1. The van der Waals surface area contributed by atoms with Crippen LogP contribution in [0, 0.1) is 0 Å². The monoisotopic (exact) mass is 296 g/mol. The number of hydrogen-bond acceptors (Lipinski definition) is 5. The van der Waals surface area contributed by atoms with Gasteiger partial charge in [0.15, 0.2) is 5.13 Å². The lowest BCUT2D eigenvalue weighted by molar-refractivity contribution is 0.199. The first-order chi connectivity index (χ1) is 9.36. The Hall–Kier alpha value is -0.650. The van der Waals surface area contributed by atoms with Crippen LogP contribution in [0.25, 0.3) is 0 Å². The van der Waals surface area contributed by atoms with E-state index in [4.69, 9.17) is 10.7 Å². The van der Waals surface area contributed by atoms with Crippen molar-refractivity contribution in [3.8, 4) is 0 Å². The topological polar surface area (TPSA) is 45.4 Å². The van der Waals surface area contributed by atoms with Gasteiger partial charge in [-0.15, -0.1) is 11.3 Å². The summed E-state index contributed by atoms with van der Waals surface area (Å²) in [4.78, 5) is 11.1. The molecule has 0 saturated carbocycles. The van der Waals surface area contributed by atoms with E-state index in [1.807, 2.05) is 0 Å². The van der Waals surface area contributed by atoms with Crippen molar-refractivity contribution < 1.29 is 0 Å². The smallest absolute Gasteiger partial charge is 0.185 e. The molecule has 1 aliphatic rings. The van der Waals surface area contributed by atoms with Crippen LogP contribution in [0.4, 0.5) is 5.13 Å². The van der Waals surface area contributed by atoms with Gasteiger partial charge < -0.3 is 10.6 Å². The minimum absolute atomic E-state index is 0.0698. The van der Waals surface area contributed by atoms with Crippen molar-refractivity contribution in [2.75, 3.05) is 31.1 Å². The summed E-state index contributed by atoms with van der Waals surface area (Å²) in [7, 11) is 0. The van der Waals surface area contributed by atoms with Crippen LogP contribution in [0.1, 0.15) is 45.2 Å². The second-order valence-corrected chi connectivity index (χ2v) is 7.71. The highest BCUT2D eigenvalue weighted by molar-refractivity contribution is 7.15. The number of nitrogens with two attached hydrogens (primary N) is 1. The van der Waals surface area contributed by atoms with E-state index in [2.05, 4.69) is 44.4 Å². The van der Waals surface area contributed by atoms with Gasteiger partial charge in [-0.3, -0.25) is 4.90 Å². The molecular weight excluding hydrogens is 268 g/mol. The van der Waals surface area contributed by atoms with Gasteiger partial charge in [0.05, 0.1) is 5.69 Å². The van der Waals surface area contributed by atoms with Crippen molar-refractivity contribution in [1.29, 1.82) is 0 Å². The van der Waals surface area contributed by atoms with Gasteiger partial charge in [0.2, 0.25) is 0 Å². The zero-order valence-electron chi connectivity index (χ0n) is 13.4. The summed E-state index contributed by atoms with van der Waals surface area (Å²) in [5.41, 5.74) is 7.15. The molecule has 1 aliphatic heterocycles. The quantitative estimate of drug-likeness (QED) is 0.930. The molecule has 1 atom stereocenters. The van der Waals surface area contributed by atoms with Gasteiger partial charge in [-0.25, -0.2) is 4.98 Å². The second-order valence-electron chi connectivity index (χ2n) is 6.65. The third kappa shape index (κ3) is 3.15. The maximum absolute atomic E-state index is 5.90. The standard InChI is InChI=1S/C15H28N4S/c1-6-18-7-8-19(10-11(18)2)14-17-13(15(3,4)5)12(9-16)20-14/h11H,6-10,16H2,1-5H3. The molecule has 0 radical (unpaired) electrons. The fraction of sp³-hybridized carbons (Fsp3) is 0.800.